The molecule has 0 radical (unpaired) electrons. The summed E-state index contributed by atoms with van der Waals surface area (Å²) in [6.45, 7) is 3.79. The number of rotatable bonds is 4. The van der Waals surface area contributed by atoms with Crippen LogP contribution in [-0.4, -0.2) is 29.2 Å². The molecule has 2 aromatic carbocycles. The van der Waals surface area contributed by atoms with Crippen LogP contribution in [-0.2, 0) is 0 Å². The third kappa shape index (κ3) is 4.71. The zero-order valence-corrected chi connectivity index (χ0v) is 15.9. The van der Waals surface area contributed by atoms with Crippen LogP contribution in [0.3, 0.4) is 0 Å². The second-order valence-electron chi connectivity index (χ2n) is 5.63. The number of methoxy groups -OCH3 is 1. The molecule has 0 aliphatic rings. The summed E-state index contributed by atoms with van der Waals surface area (Å²) < 4.78 is 5.17. The van der Waals surface area contributed by atoms with Crippen LogP contribution in [0.1, 0.15) is 31.8 Å². The molecule has 136 valence electrons. The molecule has 0 unspecified atom stereocenters. The normalized spacial score (nSPS) is 10.2. The zero-order valence-electron chi connectivity index (χ0n) is 14.3. The molecule has 8 heteroatoms. The molecule has 0 bridgehead atoms. The predicted octanol–water partition coefficient (Wildman–Crippen LogP) is 3.79. The lowest BCUT2D eigenvalue weighted by Crippen LogP contribution is -2.34. The van der Waals surface area contributed by atoms with Gasteiger partial charge in [0.05, 0.1) is 23.4 Å². The van der Waals surface area contributed by atoms with Crippen molar-refractivity contribution < 1.29 is 19.4 Å². The summed E-state index contributed by atoms with van der Waals surface area (Å²) in [7, 11) is 1.39. The number of carboxylic acid groups (broad SMARTS) is 1. The Morgan fingerprint density at radius 1 is 1.08 bits per heavy atom. The number of anilines is 1. The number of halogens is 1. The van der Waals surface area contributed by atoms with Gasteiger partial charge in [0.2, 0.25) is 0 Å². The van der Waals surface area contributed by atoms with Crippen molar-refractivity contribution in [2.45, 2.75) is 13.8 Å². The maximum Gasteiger partial charge on any atom is 0.335 e. The number of carbonyl (C=O) groups excluding carboxylic acids is 1. The van der Waals surface area contributed by atoms with Crippen LogP contribution in [0.5, 0.6) is 5.75 Å². The number of amides is 1. The first-order valence-electron chi connectivity index (χ1n) is 7.52. The third-order valence-corrected chi connectivity index (χ3v) is 3.94. The number of nitrogens with one attached hydrogen (secondary N) is 2. The van der Waals surface area contributed by atoms with Crippen molar-refractivity contribution in [2.24, 2.45) is 0 Å². The van der Waals surface area contributed by atoms with E-state index in [9.17, 15) is 9.59 Å². The summed E-state index contributed by atoms with van der Waals surface area (Å²) in [5, 5.41) is 14.6. The fourth-order valence-corrected chi connectivity index (χ4v) is 2.95. The molecule has 6 nitrogen and oxygen atoms in total. The minimum absolute atomic E-state index is 0.00827. The second-order valence-corrected chi connectivity index (χ2v) is 6.44. The first-order chi connectivity index (χ1) is 12.2. The summed E-state index contributed by atoms with van der Waals surface area (Å²) in [4.78, 5) is 23.5. The predicted molar refractivity (Wildman–Crippen MR) is 105 cm³/mol. The summed E-state index contributed by atoms with van der Waals surface area (Å²) in [5.74, 6) is -1.31. The lowest BCUT2D eigenvalue weighted by molar-refractivity contribution is 0.0696. The van der Waals surface area contributed by atoms with E-state index in [0.29, 0.717) is 5.56 Å². The fourth-order valence-electron chi connectivity index (χ4n) is 2.45. The Morgan fingerprint density at radius 3 is 2.23 bits per heavy atom. The van der Waals surface area contributed by atoms with Gasteiger partial charge in [-0.3, -0.25) is 10.1 Å². The van der Waals surface area contributed by atoms with Gasteiger partial charge in [0.1, 0.15) is 0 Å². The van der Waals surface area contributed by atoms with Gasteiger partial charge in [-0.05, 0) is 50.3 Å². The first kappa shape index (κ1) is 19.7. The molecule has 0 saturated carbocycles. The molecule has 0 fully saturated rings. The Kier molecular flexibility index (Phi) is 6.18. The number of benzene rings is 2. The molecule has 2 aromatic rings. The Morgan fingerprint density at radius 2 is 1.69 bits per heavy atom. The molecule has 0 saturated heterocycles. The van der Waals surface area contributed by atoms with Crippen LogP contribution < -0.4 is 15.4 Å². The number of carboxylic acids is 1. The monoisotopic (exact) mass is 392 g/mol. The number of hydrogen-bond acceptors (Lipinski definition) is 4. The summed E-state index contributed by atoms with van der Waals surface area (Å²) in [5.41, 5.74) is 2.58. The van der Waals surface area contributed by atoms with E-state index in [2.05, 4.69) is 10.6 Å². The van der Waals surface area contributed by atoms with Crippen LogP contribution in [0.2, 0.25) is 5.02 Å². The number of thiocarbonyl (C=S) groups is 1. The maximum absolute atomic E-state index is 12.4. The number of ether oxygens (including phenoxy) is 1. The van der Waals surface area contributed by atoms with E-state index in [1.807, 2.05) is 19.9 Å². The van der Waals surface area contributed by atoms with Crippen LogP contribution in [0, 0.1) is 13.8 Å². The molecule has 0 spiro atoms. The molecule has 0 aliphatic heterocycles. The number of aryl methyl sites for hydroxylation is 2. The highest BCUT2D eigenvalue weighted by atomic mass is 35.5. The summed E-state index contributed by atoms with van der Waals surface area (Å²) >= 11 is 11.2. The average molecular weight is 393 g/mol. The van der Waals surface area contributed by atoms with Gasteiger partial charge in [-0.1, -0.05) is 28.8 Å². The molecule has 0 heterocycles. The SMILES string of the molecule is COc1c(Cl)cc(C(=O)O)cc1NC(=S)NC(=O)c1cc(C)cc(C)c1. The molecule has 0 aromatic heterocycles. The second kappa shape index (κ2) is 8.16. The van der Waals surface area contributed by atoms with Crippen molar-refractivity contribution >= 4 is 46.5 Å². The zero-order chi connectivity index (χ0) is 19.4. The van der Waals surface area contributed by atoms with Gasteiger partial charge in [-0.15, -0.1) is 0 Å². The standard InChI is InChI=1S/C18H17ClN2O4S/c1-9-4-10(2)6-11(5-9)16(22)21-18(26)20-14-8-12(17(23)24)7-13(19)15(14)25-3/h4-8H,1-3H3,(H,23,24)(H2,20,21,22,26). The molecule has 3 N–H and O–H groups in total. The number of carbonyl (C=O) groups is 2. The highest BCUT2D eigenvalue weighted by Crippen LogP contribution is 2.34. The van der Waals surface area contributed by atoms with Crippen molar-refractivity contribution in [1.82, 2.24) is 5.32 Å². The van der Waals surface area contributed by atoms with Crippen LogP contribution in [0.25, 0.3) is 0 Å². The van der Waals surface area contributed by atoms with Crippen LogP contribution >= 0.6 is 23.8 Å². The van der Waals surface area contributed by atoms with E-state index in [4.69, 9.17) is 33.7 Å². The number of hydrogen-bond donors (Lipinski definition) is 3. The van der Waals surface area contributed by atoms with Gasteiger partial charge in [0.15, 0.2) is 10.9 Å². The van der Waals surface area contributed by atoms with Gasteiger partial charge >= 0.3 is 5.97 Å². The molecule has 26 heavy (non-hydrogen) atoms. The highest BCUT2D eigenvalue weighted by Gasteiger charge is 2.16. The van der Waals surface area contributed by atoms with Crippen molar-refractivity contribution in [3.8, 4) is 5.75 Å². The lowest BCUT2D eigenvalue weighted by Gasteiger charge is -2.15. The van der Waals surface area contributed by atoms with E-state index in [0.717, 1.165) is 11.1 Å². The molecular weight excluding hydrogens is 376 g/mol. The van der Waals surface area contributed by atoms with Gasteiger partial charge in [0, 0.05) is 5.56 Å². The topological polar surface area (TPSA) is 87.7 Å². The van der Waals surface area contributed by atoms with Crippen LogP contribution in [0.15, 0.2) is 30.3 Å². The Labute approximate surface area is 161 Å². The Bertz CT molecular complexity index is 879. The van der Waals surface area contributed by atoms with Gasteiger partial charge in [-0.2, -0.15) is 0 Å². The molecule has 2 rings (SSSR count). The maximum atomic E-state index is 12.4. The van der Waals surface area contributed by atoms with Crippen molar-refractivity contribution in [1.29, 1.82) is 0 Å². The van der Waals surface area contributed by atoms with E-state index in [1.54, 1.807) is 12.1 Å². The van der Waals surface area contributed by atoms with Gasteiger partial charge in [-0.25, -0.2) is 4.79 Å². The van der Waals surface area contributed by atoms with Crippen molar-refractivity contribution in [2.75, 3.05) is 12.4 Å². The quantitative estimate of drug-likeness (QED) is 0.686. The van der Waals surface area contributed by atoms with Gasteiger partial charge < -0.3 is 15.2 Å². The molecule has 0 aliphatic carbocycles. The molecule has 1 amide bonds. The fraction of sp³-hybridized carbons (Fsp3) is 0.167. The van der Waals surface area contributed by atoms with E-state index >= 15 is 0 Å². The van der Waals surface area contributed by atoms with E-state index in [1.165, 1.54) is 19.2 Å². The summed E-state index contributed by atoms with van der Waals surface area (Å²) in [6, 6.07) is 8.03. The van der Waals surface area contributed by atoms with Crippen molar-refractivity contribution in [3.63, 3.8) is 0 Å². The largest absolute Gasteiger partial charge is 0.493 e. The third-order valence-electron chi connectivity index (χ3n) is 3.45. The summed E-state index contributed by atoms with van der Waals surface area (Å²) in [6.07, 6.45) is 0. The first-order valence-corrected chi connectivity index (χ1v) is 8.31. The Balaban J connectivity index is 2.21. The Hall–Kier alpha value is -2.64. The molecular formula is C18H17ClN2O4S. The van der Waals surface area contributed by atoms with Gasteiger partial charge in [0.25, 0.3) is 5.91 Å². The lowest BCUT2D eigenvalue weighted by atomic mass is 10.1. The van der Waals surface area contributed by atoms with E-state index < -0.39 is 5.97 Å². The average Bonchev–Trinajstić information content (AvgIpc) is 2.53. The van der Waals surface area contributed by atoms with E-state index in [-0.39, 0.29) is 33.0 Å². The van der Waals surface area contributed by atoms with Crippen molar-refractivity contribution in [3.05, 3.63) is 57.6 Å². The smallest absolute Gasteiger partial charge is 0.335 e. The number of aromatic carboxylic acids is 1. The molecule has 0 atom stereocenters. The minimum atomic E-state index is -1.15. The highest BCUT2D eigenvalue weighted by molar-refractivity contribution is 7.80. The minimum Gasteiger partial charge on any atom is -0.493 e. The van der Waals surface area contributed by atoms with Crippen LogP contribution in [0.4, 0.5) is 5.69 Å².